The molecule has 5 rings (SSSR count). The van der Waals surface area contributed by atoms with Crippen LogP contribution in [0.2, 0.25) is 0 Å². The standard InChI is InChI=1S/C32H45N3O7/c1-23-20-39-15-13-35(23)31(36)22-42-30-19-33-18-29(32(30)25-6-8-26(38-3)9-7-25)41-21-24-5-10-28-27(17-24)34(12-16-40-28)11-4-14-37-2/h5-10,17,23,29-30,32-33H,4,11-16,18-22H2,1-3H3/t23?,29?,30-,32?/m1/s1. The van der Waals surface area contributed by atoms with E-state index in [0.717, 1.165) is 54.4 Å². The molecule has 0 bridgehead atoms. The number of rotatable bonds is 12. The summed E-state index contributed by atoms with van der Waals surface area (Å²) in [4.78, 5) is 17.3. The third kappa shape index (κ3) is 7.54. The summed E-state index contributed by atoms with van der Waals surface area (Å²) in [6, 6.07) is 14.4. The average Bonchev–Trinajstić information content (AvgIpc) is 3.03. The molecular formula is C32H45N3O7. The lowest BCUT2D eigenvalue weighted by molar-refractivity contribution is -0.148. The molecule has 3 heterocycles. The Morgan fingerprint density at radius 3 is 2.60 bits per heavy atom. The third-order valence-corrected chi connectivity index (χ3v) is 8.33. The van der Waals surface area contributed by atoms with Gasteiger partial charge in [-0.1, -0.05) is 18.2 Å². The monoisotopic (exact) mass is 583 g/mol. The van der Waals surface area contributed by atoms with Crippen molar-refractivity contribution in [2.45, 2.75) is 44.1 Å². The fourth-order valence-corrected chi connectivity index (χ4v) is 6.04. The minimum atomic E-state index is -0.231. The quantitative estimate of drug-likeness (QED) is 0.379. The van der Waals surface area contributed by atoms with Gasteiger partial charge in [0.25, 0.3) is 0 Å². The molecule has 2 fully saturated rings. The summed E-state index contributed by atoms with van der Waals surface area (Å²) in [5.41, 5.74) is 3.29. The van der Waals surface area contributed by atoms with Crippen LogP contribution in [0.25, 0.3) is 0 Å². The van der Waals surface area contributed by atoms with E-state index in [2.05, 4.69) is 34.5 Å². The maximum absolute atomic E-state index is 13.1. The molecule has 10 heteroatoms. The number of morpholine rings is 1. The van der Waals surface area contributed by atoms with E-state index in [0.29, 0.717) is 46.1 Å². The molecule has 0 radical (unpaired) electrons. The van der Waals surface area contributed by atoms with E-state index in [-0.39, 0.29) is 36.7 Å². The predicted octanol–water partition coefficient (Wildman–Crippen LogP) is 2.84. The van der Waals surface area contributed by atoms with Gasteiger partial charge in [0.15, 0.2) is 0 Å². The Hall–Kier alpha value is -2.89. The van der Waals surface area contributed by atoms with Crippen molar-refractivity contribution in [3.8, 4) is 11.5 Å². The van der Waals surface area contributed by atoms with Gasteiger partial charge >= 0.3 is 0 Å². The Bertz CT molecular complexity index is 1150. The number of amides is 1. The molecule has 4 atom stereocenters. The second-order valence-electron chi connectivity index (χ2n) is 11.2. The molecule has 0 spiro atoms. The molecule has 10 nitrogen and oxygen atoms in total. The highest BCUT2D eigenvalue weighted by Crippen LogP contribution is 2.35. The number of piperidine rings is 1. The summed E-state index contributed by atoms with van der Waals surface area (Å²) in [5, 5.41) is 3.48. The first-order chi connectivity index (χ1) is 20.6. The minimum Gasteiger partial charge on any atom is -0.497 e. The van der Waals surface area contributed by atoms with Crippen LogP contribution in [0.1, 0.15) is 30.4 Å². The number of carbonyl (C=O) groups is 1. The fourth-order valence-electron chi connectivity index (χ4n) is 6.04. The summed E-state index contributed by atoms with van der Waals surface area (Å²) in [6.07, 6.45) is 0.577. The Balaban J connectivity index is 1.29. The van der Waals surface area contributed by atoms with Gasteiger partial charge in [0.1, 0.15) is 24.7 Å². The molecule has 1 N–H and O–H groups in total. The molecule has 1 amide bonds. The van der Waals surface area contributed by atoms with E-state index in [4.69, 9.17) is 28.4 Å². The predicted molar refractivity (Wildman–Crippen MR) is 160 cm³/mol. The van der Waals surface area contributed by atoms with Gasteiger partial charge in [-0.15, -0.1) is 0 Å². The number of nitrogens with one attached hydrogen (secondary N) is 1. The average molecular weight is 584 g/mol. The topological polar surface area (TPSA) is 91.0 Å². The van der Waals surface area contributed by atoms with Crippen LogP contribution in [0, 0.1) is 0 Å². The van der Waals surface area contributed by atoms with E-state index in [1.807, 2.05) is 30.0 Å². The zero-order chi connectivity index (χ0) is 29.3. The highest BCUT2D eigenvalue weighted by molar-refractivity contribution is 5.78. The number of carbonyl (C=O) groups excluding carboxylic acids is 1. The zero-order valence-electron chi connectivity index (χ0n) is 25.1. The molecule has 42 heavy (non-hydrogen) atoms. The molecule has 0 saturated carbocycles. The molecular weight excluding hydrogens is 538 g/mol. The van der Waals surface area contributed by atoms with Crippen LogP contribution < -0.4 is 19.7 Å². The molecule has 2 aromatic carbocycles. The van der Waals surface area contributed by atoms with Gasteiger partial charge in [0.2, 0.25) is 5.91 Å². The first kappa shape index (κ1) is 30.6. The second kappa shape index (κ2) is 15.0. The van der Waals surface area contributed by atoms with E-state index in [9.17, 15) is 4.79 Å². The third-order valence-electron chi connectivity index (χ3n) is 8.33. The van der Waals surface area contributed by atoms with Crippen molar-refractivity contribution in [2.24, 2.45) is 0 Å². The van der Waals surface area contributed by atoms with Crippen molar-refractivity contribution in [2.75, 3.05) is 84.9 Å². The van der Waals surface area contributed by atoms with Crippen LogP contribution in [0.3, 0.4) is 0 Å². The van der Waals surface area contributed by atoms with Gasteiger partial charge in [-0.3, -0.25) is 4.79 Å². The van der Waals surface area contributed by atoms with Crippen LogP contribution in [-0.4, -0.2) is 109 Å². The first-order valence-corrected chi connectivity index (χ1v) is 15.0. The van der Waals surface area contributed by atoms with Crippen molar-refractivity contribution in [1.82, 2.24) is 10.2 Å². The summed E-state index contributed by atoms with van der Waals surface area (Å²) in [5.74, 6) is 1.64. The molecule has 3 unspecified atom stereocenters. The van der Waals surface area contributed by atoms with Gasteiger partial charge in [0, 0.05) is 45.8 Å². The molecule has 3 aliphatic heterocycles. The molecule has 2 saturated heterocycles. The maximum atomic E-state index is 13.1. The van der Waals surface area contributed by atoms with E-state index < -0.39 is 0 Å². The maximum Gasteiger partial charge on any atom is 0.248 e. The lowest BCUT2D eigenvalue weighted by Crippen LogP contribution is -2.52. The number of hydrogen-bond acceptors (Lipinski definition) is 9. The normalized spacial score (nSPS) is 24.2. The molecule has 230 valence electrons. The summed E-state index contributed by atoms with van der Waals surface area (Å²) in [7, 11) is 3.40. The van der Waals surface area contributed by atoms with Crippen molar-refractivity contribution in [3.05, 3.63) is 53.6 Å². The number of hydrogen-bond donors (Lipinski definition) is 1. The van der Waals surface area contributed by atoms with Gasteiger partial charge in [0.05, 0.1) is 57.4 Å². The number of benzene rings is 2. The first-order valence-electron chi connectivity index (χ1n) is 15.0. The van der Waals surface area contributed by atoms with Gasteiger partial charge < -0.3 is 43.5 Å². The van der Waals surface area contributed by atoms with Gasteiger partial charge in [-0.2, -0.15) is 0 Å². The highest BCUT2D eigenvalue weighted by atomic mass is 16.5. The van der Waals surface area contributed by atoms with Gasteiger partial charge in [-0.25, -0.2) is 0 Å². The van der Waals surface area contributed by atoms with E-state index in [1.54, 1.807) is 14.2 Å². The van der Waals surface area contributed by atoms with Crippen LogP contribution in [0.15, 0.2) is 42.5 Å². The van der Waals surface area contributed by atoms with Crippen LogP contribution in [0.5, 0.6) is 11.5 Å². The zero-order valence-corrected chi connectivity index (χ0v) is 25.1. The van der Waals surface area contributed by atoms with Crippen molar-refractivity contribution in [3.63, 3.8) is 0 Å². The molecule has 3 aliphatic rings. The second-order valence-corrected chi connectivity index (χ2v) is 11.2. The lowest BCUT2D eigenvalue weighted by atomic mass is 9.85. The summed E-state index contributed by atoms with van der Waals surface area (Å²) >= 11 is 0. The minimum absolute atomic E-state index is 0.00588. The summed E-state index contributed by atoms with van der Waals surface area (Å²) in [6.45, 7) is 8.71. The fraction of sp³-hybridized carbons (Fsp3) is 0.594. The number of fused-ring (bicyclic) bond motifs is 1. The Morgan fingerprint density at radius 2 is 1.83 bits per heavy atom. The molecule has 2 aromatic rings. The molecule has 0 aliphatic carbocycles. The number of ether oxygens (including phenoxy) is 6. The van der Waals surface area contributed by atoms with Crippen LogP contribution >= 0.6 is 0 Å². The van der Waals surface area contributed by atoms with Crippen LogP contribution in [0.4, 0.5) is 5.69 Å². The number of nitrogens with zero attached hydrogens (tertiary/aromatic N) is 2. The van der Waals surface area contributed by atoms with Crippen molar-refractivity contribution in [1.29, 1.82) is 0 Å². The summed E-state index contributed by atoms with van der Waals surface area (Å²) < 4.78 is 35.1. The Morgan fingerprint density at radius 1 is 1.02 bits per heavy atom. The Labute approximate surface area is 249 Å². The van der Waals surface area contributed by atoms with Crippen molar-refractivity contribution >= 4 is 11.6 Å². The SMILES string of the molecule is COCCCN1CCOc2ccc(COC3CNC[C@@H](OCC(=O)N4CCOCC4C)C3c3ccc(OC)cc3)cc21. The van der Waals surface area contributed by atoms with Gasteiger partial charge in [-0.05, 0) is 48.7 Å². The van der Waals surface area contributed by atoms with Crippen molar-refractivity contribution < 1.29 is 33.2 Å². The van der Waals surface area contributed by atoms with Crippen LogP contribution in [-0.2, 0) is 30.3 Å². The van der Waals surface area contributed by atoms with E-state index in [1.165, 1.54) is 0 Å². The Kier molecular flexibility index (Phi) is 10.9. The largest absolute Gasteiger partial charge is 0.497 e. The smallest absolute Gasteiger partial charge is 0.248 e. The number of methoxy groups -OCH3 is 2. The lowest BCUT2D eigenvalue weighted by Gasteiger charge is -2.39. The number of anilines is 1. The molecule has 0 aromatic heterocycles. The highest BCUT2D eigenvalue weighted by Gasteiger charge is 2.37. The van der Waals surface area contributed by atoms with E-state index >= 15 is 0 Å².